The second-order valence-electron chi connectivity index (χ2n) is 2.33. The predicted octanol–water partition coefficient (Wildman–Crippen LogP) is 0.978. The van der Waals surface area contributed by atoms with Crippen LogP contribution >= 0.6 is 0 Å². The zero-order chi connectivity index (χ0) is 7.56. The Kier molecular flexibility index (Phi) is 2.39. The van der Waals surface area contributed by atoms with E-state index in [-0.39, 0.29) is 0 Å². The van der Waals surface area contributed by atoms with Gasteiger partial charge in [0.15, 0.2) is 0 Å². The van der Waals surface area contributed by atoms with Gasteiger partial charge in [-0.05, 0) is 0 Å². The minimum atomic E-state index is -0.853. The van der Waals surface area contributed by atoms with E-state index in [4.69, 9.17) is 0 Å². The van der Waals surface area contributed by atoms with Crippen molar-refractivity contribution in [1.82, 2.24) is 0 Å². The van der Waals surface area contributed by atoms with Gasteiger partial charge in [-0.1, -0.05) is 0 Å². The fourth-order valence-corrected chi connectivity index (χ4v) is 1.87. The Morgan fingerprint density at radius 2 is 1.70 bits per heavy atom. The molecule has 1 aromatic carbocycles. The summed E-state index contributed by atoms with van der Waals surface area (Å²) in [5, 5.41) is 0. The molecule has 0 spiro atoms. The summed E-state index contributed by atoms with van der Waals surface area (Å²) in [5.74, 6) is 0. The van der Waals surface area contributed by atoms with E-state index in [1.165, 1.54) is 0 Å². The number of aryl methyl sites for hydroxylation is 2. The normalized spacial score (nSPS) is 10.2. The Morgan fingerprint density at radius 1 is 1.20 bits per heavy atom. The molecule has 0 aliphatic carbocycles. The van der Waals surface area contributed by atoms with E-state index in [1.807, 2.05) is 32.0 Å². The Labute approximate surface area is 67.4 Å². The zero-order valence-electron chi connectivity index (χ0n) is 6.09. The van der Waals surface area contributed by atoms with Gasteiger partial charge in [0.05, 0.1) is 0 Å². The number of rotatable bonds is 1. The van der Waals surface area contributed by atoms with Crippen molar-refractivity contribution in [3.63, 3.8) is 0 Å². The third kappa shape index (κ3) is 1.35. The van der Waals surface area contributed by atoms with Crippen LogP contribution in [0, 0.1) is 13.8 Å². The number of hydrogen-bond acceptors (Lipinski definition) is 1. The first-order valence-corrected chi connectivity index (χ1v) is 4.85. The van der Waals surface area contributed by atoms with Gasteiger partial charge in [-0.25, -0.2) is 0 Å². The summed E-state index contributed by atoms with van der Waals surface area (Å²) in [5.41, 5.74) is 2.30. The molecule has 0 saturated heterocycles. The maximum atomic E-state index is 10.7. The molecule has 0 aliphatic rings. The van der Waals surface area contributed by atoms with Crippen LogP contribution in [0.15, 0.2) is 18.2 Å². The Balaban J connectivity index is 3.30. The van der Waals surface area contributed by atoms with E-state index in [2.05, 4.69) is 0 Å². The average Bonchev–Trinajstić information content (AvgIpc) is 1.88. The monoisotopic (exact) mass is 196 g/mol. The van der Waals surface area contributed by atoms with Crippen molar-refractivity contribution in [3.05, 3.63) is 29.3 Å². The Morgan fingerprint density at radius 3 is 2.00 bits per heavy atom. The van der Waals surface area contributed by atoms with Crippen molar-refractivity contribution in [2.24, 2.45) is 0 Å². The molecular weight excluding hydrogens is 187 g/mol. The first-order valence-electron chi connectivity index (χ1n) is 3.15. The predicted molar refractivity (Wildman–Crippen MR) is 42.0 cm³/mol. The first kappa shape index (κ1) is 7.68. The summed E-state index contributed by atoms with van der Waals surface area (Å²) in [7, 11) is 0. The van der Waals surface area contributed by atoms with Crippen LogP contribution in [-0.4, -0.2) is 15.7 Å². The van der Waals surface area contributed by atoms with Crippen LogP contribution in [0.4, 0.5) is 0 Å². The van der Waals surface area contributed by atoms with Crippen molar-refractivity contribution in [2.75, 3.05) is 0 Å². The average molecular weight is 196 g/mol. The van der Waals surface area contributed by atoms with E-state index in [1.54, 1.807) is 0 Å². The number of hydrogen-bond donors (Lipinski definition) is 0. The van der Waals surface area contributed by atoms with Crippen molar-refractivity contribution in [1.29, 1.82) is 0 Å². The minimum absolute atomic E-state index is 0.853. The Bertz CT molecular complexity index is 235. The molecule has 52 valence electrons. The second kappa shape index (κ2) is 3.11. The van der Waals surface area contributed by atoms with Crippen LogP contribution in [-0.2, 0) is 3.74 Å². The molecule has 1 rings (SSSR count). The third-order valence-corrected chi connectivity index (χ3v) is 3.39. The summed E-state index contributed by atoms with van der Waals surface area (Å²) < 4.78 is 11.7. The third-order valence-electron chi connectivity index (χ3n) is 1.53. The van der Waals surface area contributed by atoms with E-state index in [9.17, 15) is 3.74 Å². The van der Waals surface area contributed by atoms with Gasteiger partial charge in [0.25, 0.3) is 0 Å². The van der Waals surface area contributed by atoms with E-state index in [0.29, 0.717) is 0 Å². The van der Waals surface area contributed by atoms with Crippen LogP contribution < -0.4 is 4.35 Å². The van der Waals surface area contributed by atoms with Crippen LogP contribution in [0.3, 0.4) is 0 Å². The van der Waals surface area contributed by atoms with Crippen molar-refractivity contribution in [2.45, 2.75) is 13.8 Å². The summed E-state index contributed by atoms with van der Waals surface area (Å²) in [6.45, 7) is 3.99. The summed E-state index contributed by atoms with van der Waals surface area (Å²) >= 11 is -0.853. The van der Waals surface area contributed by atoms with Crippen molar-refractivity contribution in [3.8, 4) is 0 Å². The molecule has 2 heteroatoms. The number of benzene rings is 1. The molecule has 0 heterocycles. The van der Waals surface area contributed by atoms with Crippen LogP contribution in [0.2, 0.25) is 0 Å². The maximum absolute atomic E-state index is 10.7. The van der Waals surface area contributed by atoms with Gasteiger partial charge in [0.2, 0.25) is 0 Å². The second-order valence-corrected chi connectivity index (χ2v) is 3.65. The molecule has 0 fully saturated rings. The fourth-order valence-electron chi connectivity index (χ4n) is 0.950. The molecule has 0 atom stereocenters. The summed E-state index contributed by atoms with van der Waals surface area (Å²) in [6, 6.07) is 5.98. The summed E-state index contributed by atoms with van der Waals surface area (Å²) in [6.07, 6.45) is 0. The Hall–Kier alpha value is -0.422. The molecule has 0 aliphatic heterocycles. The van der Waals surface area contributed by atoms with Gasteiger partial charge in [-0.3, -0.25) is 0 Å². The molecule has 1 nitrogen and oxygen atoms in total. The van der Waals surface area contributed by atoms with Gasteiger partial charge in [0, 0.05) is 0 Å². The molecule has 0 saturated carbocycles. The van der Waals surface area contributed by atoms with Gasteiger partial charge in [0.1, 0.15) is 0 Å². The van der Waals surface area contributed by atoms with Gasteiger partial charge < -0.3 is 0 Å². The molecule has 10 heavy (non-hydrogen) atoms. The van der Waals surface area contributed by atoms with Crippen molar-refractivity contribution < 1.29 is 3.74 Å². The van der Waals surface area contributed by atoms with E-state index >= 15 is 0 Å². The molecule has 0 radical (unpaired) electrons. The molecule has 0 aromatic heterocycles. The molecule has 0 N–H and O–H groups in total. The van der Waals surface area contributed by atoms with Crippen LogP contribution in [0.5, 0.6) is 0 Å². The SMILES string of the molecule is Cc1cccc(C)c1[As]=O. The fraction of sp³-hybridized carbons (Fsp3) is 0.250. The first-order chi connectivity index (χ1) is 4.75. The molecule has 0 unspecified atom stereocenters. The summed E-state index contributed by atoms with van der Waals surface area (Å²) in [4.78, 5) is 0. The van der Waals surface area contributed by atoms with Crippen molar-refractivity contribution >= 4 is 20.0 Å². The standard InChI is InChI=1S/C8H9AsO/c1-6-4-3-5-7(2)8(6)9-10/h3-5H,1-2H3. The van der Waals surface area contributed by atoms with E-state index < -0.39 is 15.7 Å². The molecule has 1 aromatic rings. The quantitative estimate of drug-likeness (QED) is 0.612. The van der Waals surface area contributed by atoms with Gasteiger partial charge in [-0.15, -0.1) is 0 Å². The van der Waals surface area contributed by atoms with Crippen LogP contribution in [0.1, 0.15) is 11.1 Å². The topological polar surface area (TPSA) is 17.1 Å². The molecule has 0 bridgehead atoms. The zero-order valence-corrected chi connectivity index (χ0v) is 7.96. The van der Waals surface area contributed by atoms with Crippen LogP contribution in [0.25, 0.3) is 0 Å². The van der Waals surface area contributed by atoms with Gasteiger partial charge >= 0.3 is 67.0 Å². The van der Waals surface area contributed by atoms with Gasteiger partial charge in [-0.2, -0.15) is 0 Å². The van der Waals surface area contributed by atoms with E-state index in [0.717, 1.165) is 15.5 Å². The molecular formula is C8H9AsO. The molecule has 0 amide bonds.